The van der Waals surface area contributed by atoms with Crippen molar-refractivity contribution in [3.05, 3.63) is 59.7 Å². The molecule has 1 heterocycles. The van der Waals surface area contributed by atoms with Gasteiger partial charge in [-0.1, -0.05) is 42.5 Å². The van der Waals surface area contributed by atoms with E-state index < -0.39 is 14.8 Å². The molecule has 5 nitrogen and oxygen atoms in total. The van der Waals surface area contributed by atoms with Crippen molar-refractivity contribution in [3.63, 3.8) is 0 Å². The second-order valence-electron chi connectivity index (χ2n) is 6.15. The SMILES string of the molecule is CC[P+](C)(OCc1ccccc1)Oc1cccc2c1B(O)OC2CN. The smallest absolute Gasteiger partial charge is 0.423 e. The van der Waals surface area contributed by atoms with Crippen LogP contribution in [0.25, 0.3) is 0 Å². The second-order valence-corrected chi connectivity index (χ2v) is 9.25. The first kappa shape index (κ1) is 18.4. The Labute approximate surface area is 149 Å². The van der Waals surface area contributed by atoms with Gasteiger partial charge in [-0.15, -0.1) is 0 Å². The summed E-state index contributed by atoms with van der Waals surface area (Å²) in [7, 11) is -3.14. The summed E-state index contributed by atoms with van der Waals surface area (Å²) < 4.78 is 18.0. The lowest BCUT2D eigenvalue weighted by Crippen LogP contribution is -2.30. The molecule has 7 heteroatoms. The third kappa shape index (κ3) is 4.05. The number of nitrogens with two attached hydrogens (primary N) is 1. The number of rotatable bonds is 7. The van der Waals surface area contributed by atoms with Crippen molar-refractivity contribution in [2.45, 2.75) is 19.6 Å². The molecule has 2 atom stereocenters. The average Bonchev–Trinajstić information content (AvgIpc) is 2.98. The quantitative estimate of drug-likeness (QED) is 0.586. The molecule has 132 valence electrons. The minimum absolute atomic E-state index is 0.301. The highest BCUT2D eigenvalue weighted by Gasteiger charge is 2.42. The number of fused-ring (bicyclic) bond motifs is 1. The highest BCUT2D eigenvalue weighted by molar-refractivity contribution is 7.66. The van der Waals surface area contributed by atoms with Gasteiger partial charge in [-0.3, -0.25) is 0 Å². The summed E-state index contributed by atoms with van der Waals surface area (Å²) in [4.78, 5) is 0. The van der Waals surface area contributed by atoms with Gasteiger partial charge in [0.15, 0.2) is 5.75 Å². The standard InChI is InChI=1S/C18H24BNO4P/c1-3-25(2,22-13-14-8-5-4-6-9-14)24-16-11-7-10-15-17(12-20)23-19(21)18(15)16/h4-11,17,21H,3,12-13,20H2,1-2H3/q+1. The van der Waals surface area contributed by atoms with Crippen LogP contribution in [0.3, 0.4) is 0 Å². The van der Waals surface area contributed by atoms with Gasteiger partial charge in [0.1, 0.15) is 19.4 Å². The Morgan fingerprint density at radius 1 is 1.20 bits per heavy atom. The molecule has 0 radical (unpaired) electrons. The Morgan fingerprint density at radius 2 is 1.96 bits per heavy atom. The van der Waals surface area contributed by atoms with Crippen LogP contribution < -0.4 is 15.7 Å². The van der Waals surface area contributed by atoms with Crippen molar-refractivity contribution in [2.24, 2.45) is 5.73 Å². The molecule has 0 bridgehead atoms. The van der Waals surface area contributed by atoms with E-state index in [9.17, 15) is 5.02 Å². The lowest BCUT2D eigenvalue weighted by molar-refractivity contribution is 0.198. The van der Waals surface area contributed by atoms with E-state index in [0.29, 0.717) is 24.4 Å². The van der Waals surface area contributed by atoms with E-state index in [0.717, 1.165) is 17.3 Å². The molecule has 2 aromatic rings. The molecule has 25 heavy (non-hydrogen) atoms. The van der Waals surface area contributed by atoms with Crippen molar-refractivity contribution < 1.29 is 18.7 Å². The zero-order valence-corrected chi connectivity index (χ0v) is 15.5. The molecular weight excluding hydrogens is 336 g/mol. The molecule has 3 N–H and O–H groups in total. The fourth-order valence-electron chi connectivity index (χ4n) is 2.84. The Bertz CT molecular complexity index is 717. The molecule has 3 rings (SSSR count). The molecule has 2 aromatic carbocycles. The Hall–Kier alpha value is -1.43. The average molecular weight is 360 g/mol. The van der Waals surface area contributed by atoms with E-state index in [4.69, 9.17) is 19.4 Å². The van der Waals surface area contributed by atoms with Crippen LogP contribution in [0.1, 0.15) is 24.2 Å². The van der Waals surface area contributed by atoms with E-state index in [-0.39, 0.29) is 6.10 Å². The molecule has 1 aliphatic heterocycles. The van der Waals surface area contributed by atoms with Gasteiger partial charge in [0.25, 0.3) is 0 Å². The van der Waals surface area contributed by atoms with Crippen molar-refractivity contribution in [2.75, 3.05) is 19.4 Å². The third-order valence-electron chi connectivity index (χ3n) is 4.41. The van der Waals surface area contributed by atoms with E-state index in [1.807, 2.05) is 55.2 Å². The fourth-order valence-corrected chi connectivity index (χ4v) is 4.20. The van der Waals surface area contributed by atoms with E-state index in [1.54, 1.807) is 0 Å². The molecule has 0 aromatic heterocycles. The van der Waals surface area contributed by atoms with E-state index >= 15 is 0 Å². The van der Waals surface area contributed by atoms with Gasteiger partial charge in [-0.25, -0.2) is 0 Å². The first-order valence-corrected chi connectivity index (χ1v) is 10.7. The zero-order chi connectivity index (χ0) is 17.9. The second kappa shape index (κ2) is 7.86. The molecule has 0 saturated heterocycles. The molecule has 0 aliphatic carbocycles. The van der Waals surface area contributed by atoms with Gasteiger partial charge < -0.3 is 19.9 Å². The normalized spacial score (nSPS) is 18.7. The van der Waals surface area contributed by atoms with Crippen LogP contribution in [-0.4, -0.2) is 31.5 Å². The summed E-state index contributed by atoms with van der Waals surface area (Å²) in [5, 5.41) is 10.3. The van der Waals surface area contributed by atoms with Crippen molar-refractivity contribution in [3.8, 4) is 5.75 Å². The van der Waals surface area contributed by atoms with Crippen LogP contribution in [0.4, 0.5) is 0 Å². The molecule has 0 spiro atoms. The molecule has 2 unspecified atom stereocenters. The largest absolute Gasteiger partial charge is 0.496 e. The highest BCUT2D eigenvalue weighted by Crippen LogP contribution is 2.57. The summed E-state index contributed by atoms with van der Waals surface area (Å²) in [6.07, 6.45) is 0.464. The van der Waals surface area contributed by atoms with Crippen LogP contribution in [0.15, 0.2) is 48.5 Å². The van der Waals surface area contributed by atoms with E-state index in [2.05, 4.69) is 6.92 Å². The van der Waals surface area contributed by atoms with Gasteiger partial charge in [-0.05, 0) is 24.1 Å². The summed E-state index contributed by atoms with van der Waals surface area (Å²) in [5.41, 5.74) is 8.39. The third-order valence-corrected chi connectivity index (χ3v) is 6.82. The van der Waals surface area contributed by atoms with Crippen LogP contribution in [0, 0.1) is 0 Å². The Balaban J connectivity index is 1.79. The van der Waals surface area contributed by atoms with Gasteiger partial charge in [0.2, 0.25) is 0 Å². The van der Waals surface area contributed by atoms with Crippen molar-refractivity contribution >= 4 is 20.3 Å². The van der Waals surface area contributed by atoms with Crippen LogP contribution >= 0.6 is 7.72 Å². The maximum absolute atomic E-state index is 10.3. The maximum atomic E-state index is 10.3. The van der Waals surface area contributed by atoms with Gasteiger partial charge in [0.05, 0.1) is 6.10 Å². The summed E-state index contributed by atoms with van der Waals surface area (Å²) in [6.45, 7) is 4.88. The molecular formula is C18H24BNO4P+. The van der Waals surface area contributed by atoms with E-state index in [1.165, 1.54) is 0 Å². The van der Waals surface area contributed by atoms with Crippen LogP contribution in [-0.2, 0) is 15.8 Å². The van der Waals surface area contributed by atoms with Crippen LogP contribution in [0.2, 0.25) is 0 Å². The maximum Gasteiger partial charge on any atom is 0.496 e. The van der Waals surface area contributed by atoms with Crippen molar-refractivity contribution in [1.82, 2.24) is 0 Å². The monoisotopic (exact) mass is 360 g/mol. The lowest BCUT2D eigenvalue weighted by atomic mass is 9.78. The fraction of sp³-hybridized carbons (Fsp3) is 0.333. The Morgan fingerprint density at radius 3 is 2.64 bits per heavy atom. The molecule has 1 aliphatic rings. The number of benzene rings is 2. The molecule has 0 amide bonds. The highest BCUT2D eigenvalue weighted by atomic mass is 31.2. The van der Waals surface area contributed by atoms with Gasteiger partial charge in [0, 0.05) is 12.0 Å². The zero-order valence-electron chi connectivity index (χ0n) is 14.6. The summed E-state index contributed by atoms with van der Waals surface area (Å²) in [6, 6.07) is 15.7. The Kier molecular flexibility index (Phi) is 5.77. The predicted octanol–water partition coefficient (Wildman–Crippen LogP) is 2.50. The first-order valence-electron chi connectivity index (χ1n) is 8.46. The van der Waals surface area contributed by atoms with Gasteiger partial charge >= 0.3 is 14.8 Å². The summed E-state index contributed by atoms with van der Waals surface area (Å²) >= 11 is 0. The number of hydrogen-bond acceptors (Lipinski definition) is 5. The first-order chi connectivity index (χ1) is 12.1. The van der Waals surface area contributed by atoms with Crippen LogP contribution in [0.5, 0.6) is 5.75 Å². The van der Waals surface area contributed by atoms with Gasteiger partial charge in [-0.2, -0.15) is 4.52 Å². The van der Waals surface area contributed by atoms with Crippen molar-refractivity contribution in [1.29, 1.82) is 0 Å². The minimum Gasteiger partial charge on any atom is -0.423 e. The molecule has 0 saturated carbocycles. The summed E-state index contributed by atoms with van der Waals surface area (Å²) in [5.74, 6) is 0.617. The topological polar surface area (TPSA) is 73.9 Å². The number of hydrogen-bond donors (Lipinski definition) is 2. The molecule has 0 fully saturated rings. The predicted molar refractivity (Wildman–Crippen MR) is 102 cm³/mol. The lowest BCUT2D eigenvalue weighted by Gasteiger charge is -2.21. The minimum atomic E-state index is -2.12.